The summed E-state index contributed by atoms with van der Waals surface area (Å²) in [4.78, 5) is 23.3. The van der Waals surface area contributed by atoms with E-state index in [9.17, 15) is 9.59 Å². The van der Waals surface area contributed by atoms with E-state index in [1.54, 1.807) is 0 Å². The highest BCUT2D eigenvalue weighted by Gasteiger charge is 2.82. The number of carbonyl (C=O) groups excluding carboxylic acids is 2. The second-order valence-electron chi connectivity index (χ2n) is 10.5. The number of rotatable bonds is 2. The van der Waals surface area contributed by atoms with Crippen LogP contribution in [-0.2, 0) is 14.3 Å². The topological polar surface area (TPSA) is 43.4 Å². The van der Waals surface area contributed by atoms with Crippen LogP contribution < -0.4 is 0 Å². The van der Waals surface area contributed by atoms with Crippen LogP contribution in [0.4, 0.5) is 4.39 Å². The van der Waals surface area contributed by atoms with E-state index in [-0.39, 0.29) is 23.4 Å². The van der Waals surface area contributed by atoms with Gasteiger partial charge in [0.05, 0.1) is 0 Å². The third-order valence-corrected chi connectivity index (χ3v) is 9.49. The molecule has 4 fully saturated rings. The largest absolute Gasteiger partial charge is 0.462 e. The van der Waals surface area contributed by atoms with Gasteiger partial charge in [-0.25, -0.2) is 4.39 Å². The highest BCUT2D eigenvalue weighted by atomic mass is 19.1. The zero-order valence-corrected chi connectivity index (χ0v) is 16.7. The molecule has 5 aliphatic rings. The average molecular weight is 374 g/mol. The molecule has 8 atom stereocenters. The van der Waals surface area contributed by atoms with E-state index in [1.165, 1.54) is 12.5 Å². The minimum absolute atomic E-state index is 0.0774. The van der Waals surface area contributed by atoms with Gasteiger partial charge in [0.15, 0.2) is 11.5 Å². The van der Waals surface area contributed by atoms with Gasteiger partial charge in [-0.15, -0.1) is 0 Å². The van der Waals surface area contributed by atoms with Gasteiger partial charge in [-0.2, -0.15) is 0 Å². The molecule has 4 heteroatoms. The number of hydrogen-bond donors (Lipinski definition) is 0. The Morgan fingerprint density at radius 1 is 1.33 bits per heavy atom. The molecule has 0 amide bonds. The normalized spacial score (nSPS) is 52.8. The van der Waals surface area contributed by atoms with Gasteiger partial charge in [-0.05, 0) is 79.6 Å². The Morgan fingerprint density at radius 2 is 2.11 bits per heavy atom. The van der Waals surface area contributed by atoms with E-state index in [4.69, 9.17) is 4.74 Å². The second-order valence-corrected chi connectivity index (χ2v) is 10.5. The maximum absolute atomic E-state index is 16.2. The van der Waals surface area contributed by atoms with E-state index in [2.05, 4.69) is 13.8 Å². The minimum atomic E-state index is -1.38. The van der Waals surface area contributed by atoms with E-state index in [0.717, 1.165) is 32.1 Å². The summed E-state index contributed by atoms with van der Waals surface area (Å²) in [5.74, 6) is 2.53. The Balaban J connectivity index is 1.50. The maximum atomic E-state index is 16.2. The lowest BCUT2D eigenvalue weighted by Crippen LogP contribution is -2.57. The molecule has 0 N–H and O–H groups in total. The molecule has 0 radical (unpaired) electrons. The zero-order valence-electron chi connectivity index (χ0n) is 16.7. The summed E-state index contributed by atoms with van der Waals surface area (Å²) >= 11 is 0. The Morgan fingerprint density at radius 3 is 2.85 bits per heavy atom. The van der Waals surface area contributed by atoms with Crippen LogP contribution in [0.25, 0.3) is 0 Å². The van der Waals surface area contributed by atoms with Crippen molar-refractivity contribution < 1.29 is 18.7 Å². The van der Waals surface area contributed by atoms with Crippen molar-refractivity contribution in [1.82, 2.24) is 0 Å². The highest BCUT2D eigenvalue weighted by Crippen LogP contribution is 2.85. The Labute approximate surface area is 161 Å². The van der Waals surface area contributed by atoms with Crippen molar-refractivity contribution >= 4 is 11.8 Å². The lowest BCUT2D eigenvalue weighted by atomic mass is 9.46. The molecule has 0 aromatic heterocycles. The van der Waals surface area contributed by atoms with Crippen LogP contribution in [0.5, 0.6) is 0 Å². The van der Waals surface area contributed by atoms with Gasteiger partial charge < -0.3 is 4.74 Å². The SMILES string of the molecule is CC(=O)OC[C@]1(F)C[C@@H]2C[C@]23[C@H]2[C@H](CC[C@]13C)[C@H]1CCC(=O)C=C1C[C@H]2C. The fourth-order valence-electron chi connectivity index (χ4n) is 8.44. The van der Waals surface area contributed by atoms with Crippen LogP contribution in [0.3, 0.4) is 0 Å². The molecule has 5 rings (SSSR count). The molecule has 0 heterocycles. The van der Waals surface area contributed by atoms with Gasteiger partial charge >= 0.3 is 5.97 Å². The third kappa shape index (κ3) is 2.13. The maximum Gasteiger partial charge on any atom is 0.302 e. The molecular formula is C23H31FO3. The molecule has 148 valence electrons. The monoisotopic (exact) mass is 374 g/mol. The van der Waals surface area contributed by atoms with E-state index < -0.39 is 5.67 Å². The first-order valence-electron chi connectivity index (χ1n) is 10.8. The number of halogens is 1. The predicted octanol–water partition coefficient (Wildman–Crippen LogP) is 4.65. The van der Waals surface area contributed by atoms with Crippen molar-refractivity contribution in [3.63, 3.8) is 0 Å². The summed E-state index contributed by atoms with van der Waals surface area (Å²) in [6.07, 6.45) is 8.24. The molecule has 0 aromatic rings. The lowest BCUT2D eigenvalue weighted by Gasteiger charge is -2.59. The van der Waals surface area contributed by atoms with Gasteiger partial charge in [0.1, 0.15) is 6.61 Å². The molecule has 5 aliphatic carbocycles. The molecule has 0 bridgehead atoms. The average Bonchev–Trinajstić information content (AvgIpc) is 3.25. The number of ketones is 1. The molecule has 3 nitrogen and oxygen atoms in total. The highest BCUT2D eigenvalue weighted by molar-refractivity contribution is 5.91. The van der Waals surface area contributed by atoms with Crippen LogP contribution in [0.15, 0.2) is 11.6 Å². The number of hydrogen-bond acceptors (Lipinski definition) is 3. The van der Waals surface area contributed by atoms with Crippen molar-refractivity contribution in [1.29, 1.82) is 0 Å². The minimum Gasteiger partial charge on any atom is -0.462 e. The van der Waals surface area contributed by atoms with Gasteiger partial charge in [-0.1, -0.05) is 19.4 Å². The first kappa shape index (κ1) is 17.9. The zero-order chi connectivity index (χ0) is 19.2. The molecule has 4 saturated carbocycles. The second kappa shape index (κ2) is 5.45. The summed E-state index contributed by atoms with van der Waals surface area (Å²) in [5, 5.41) is 0. The predicted molar refractivity (Wildman–Crippen MR) is 99.5 cm³/mol. The number of esters is 1. The van der Waals surface area contributed by atoms with Crippen molar-refractivity contribution in [2.24, 2.45) is 40.4 Å². The number of ether oxygens (including phenoxy) is 1. The number of allylic oxidation sites excluding steroid dienone is 1. The summed E-state index contributed by atoms with van der Waals surface area (Å²) < 4.78 is 21.4. The fourth-order valence-corrected chi connectivity index (χ4v) is 8.44. The van der Waals surface area contributed by atoms with Crippen molar-refractivity contribution in [3.05, 3.63) is 11.6 Å². The molecule has 0 unspecified atom stereocenters. The van der Waals surface area contributed by atoms with Crippen molar-refractivity contribution in [3.8, 4) is 0 Å². The van der Waals surface area contributed by atoms with Gasteiger partial charge in [0, 0.05) is 18.8 Å². The quantitative estimate of drug-likeness (QED) is 0.661. The van der Waals surface area contributed by atoms with Crippen LogP contribution in [0.1, 0.15) is 65.7 Å². The van der Waals surface area contributed by atoms with E-state index in [0.29, 0.717) is 48.2 Å². The van der Waals surface area contributed by atoms with Crippen LogP contribution >= 0.6 is 0 Å². The van der Waals surface area contributed by atoms with Crippen LogP contribution in [-0.4, -0.2) is 24.0 Å². The molecule has 0 saturated heterocycles. The third-order valence-electron chi connectivity index (χ3n) is 9.49. The molecule has 0 aromatic carbocycles. The summed E-state index contributed by atoms with van der Waals surface area (Å²) in [6.45, 7) is 5.78. The molecule has 27 heavy (non-hydrogen) atoms. The van der Waals surface area contributed by atoms with Gasteiger partial charge in [0.2, 0.25) is 0 Å². The van der Waals surface area contributed by atoms with E-state index >= 15 is 4.39 Å². The lowest BCUT2D eigenvalue weighted by molar-refractivity contribution is -0.162. The Kier molecular flexibility index (Phi) is 3.61. The first-order valence-corrected chi connectivity index (χ1v) is 10.8. The fraction of sp³-hybridized carbons (Fsp3) is 0.826. The van der Waals surface area contributed by atoms with Gasteiger partial charge in [0.25, 0.3) is 0 Å². The van der Waals surface area contributed by atoms with E-state index in [1.807, 2.05) is 6.08 Å². The summed E-state index contributed by atoms with van der Waals surface area (Å²) in [5.41, 5.74) is -0.315. The number of fused-ring (bicyclic) bond motifs is 3. The smallest absolute Gasteiger partial charge is 0.302 e. The van der Waals surface area contributed by atoms with Crippen molar-refractivity contribution in [2.75, 3.05) is 6.61 Å². The number of carbonyl (C=O) groups is 2. The number of alkyl halides is 1. The molecular weight excluding hydrogens is 343 g/mol. The summed E-state index contributed by atoms with van der Waals surface area (Å²) in [7, 11) is 0. The Bertz CT molecular complexity index is 744. The van der Waals surface area contributed by atoms with Crippen molar-refractivity contribution in [2.45, 2.75) is 71.4 Å². The summed E-state index contributed by atoms with van der Waals surface area (Å²) in [6, 6.07) is 0. The Hall–Kier alpha value is -1.19. The van der Waals surface area contributed by atoms with Crippen LogP contribution in [0.2, 0.25) is 0 Å². The molecule has 1 spiro atoms. The first-order chi connectivity index (χ1) is 12.7. The molecule has 0 aliphatic heterocycles. The standard InChI is InChI=1S/C23H31FO3/c1-13-8-15-9-17(26)4-5-18(15)19-6-7-21(3)22(24,12-27-14(2)25)10-16-11-23(16,21)20(13)19/h9,13,16,18-20H,4-8,10-12H2,1-3H3/t13-,16-,18+,19-,20-,21-,22-,23-/m1/s1. The van der Waals surface area contributed by atoms with Crippen LogP contribution in [0, 0.1) is 40.4 Å². The van der Waals surface area contributed by atoms with Gasteiger partial charge in [-0.3, -0.25) is 9.59 Å².